The zero-order valence-electron chi connectivity index (χ0n) is 20.7. The van der Waals surface area contributed by atoms with Crippen molar-refractivity contribution in [3.05, 3.63) is 77.2 Å². The van der Waals surface area contributed by atoms with Gasteiger partial charge in [0.2, 0.25) is 0 Å². The molecule has 0 bridgehead atoms. The first kappa shape index (κ1) is 23.5. The summed E-state index contributed by atoms with van der Waals surface area (Å²) in [5.41, 5.74) is 5.46. The molecule has 0 aliphatic carbocycles. The van der Waals surface area contributed by atoms with Gasteiger partial charge >= 0.3 is 5.97 Å². The topological polar surface area (TPSA) is 63.9 Å². The highest BCUT2D eigenvalue weighted by atomic mass is 16.5. The Morgan fingerprint density at radius 1 is 1.14 bits per heavy atom. The molecular weight excluding hydrogens is 440 g/mol. The highest BCUT2D eigenvalue weighted by molar-refractivity contribution is 5.92. The lowest BCUT2D eigenvalue weighted by atomic mass is 9.74. The lowest BCUT2D eigenvalue weighted by molar-refractivity contribution is -0.134. The smallest absolute Gasteiger partial charge is 0.334 e. The van der Waals surface area contributed by atoms with Crippen LogP contribution in [0.4, 0.5) is 0 Å². The van der Waals surface area contributed by atoms with Gasteiger partial charge in [-0.25, -0.2) is 4.79 Å². The molecule has 0 radical (unpaired) electrons. The summed E-state index contributed by atoms with van der Waals surface area (Å²) < 4.78 is 13.5. The lowest BCUT2D eigenvalue weighted by Gasteiger charge is -2.47. The molecule has 2 aliphatic rings. The van der Waals surface area contributed by atoms with Crippen molar-refractivity contribution in [1.29, 1.82) is 0 Å². The summed E-state index contributed by atoms with van der Waals surface area (Å²) in [6.45, 7) is 4.80. The van der Waals surface area contributed by atoms with Gasteiger partial charge in [-0.1, -0.05) is 49.7 Å². The van der Waals surface area contributed by atoms with Crippen LogP contribution in [0.5, 0.6) is 5.75 Å². The van der Waals surface area contributed by atoms with E-state index in [2.05, 4.69) is 52.8 Å². The molecule has 0 unspecified atom stereocenters. The van der Waals surface area contributed by atoms with E-state index in [1.165, 1.54) is 41.1 Å². The average Bonchev–Trinajstić information content (AvgIpc) is 3.20. The van der Waals surface area contributed by atoms with Crippen molar-refractivity contribution in [2.75, 3.05) is 27.3 Å². The second kappa shape index (κ2) is 9.78. The molecule has 3 heterocycles. The molecule has 1 N–H and O–H groups in total. The molecule has 2 aliphatic heterocycles. The summed E-state index contributed by atoms with van der Waals surface area (Å²) in [5.74, 6) is 0.246. The summed E-state index contributed by atoms with van der Waals surface area (Å²) in [7, 11) is 3.27. The van der Waals surface area contributed by atoms with Crippen LogP contribution in [0.25, 0.3) is 10.9 Å². The fourth-order valence-corrected chi connectivity index (χ4v) is 6.35. The molecule has 1 aromatic heterocycles. The summed E-state index contributed by atoms with van der Waals surface area (Å²) in [6, 6.07) is 17.0. The van der Waals surface area contributed by atoms with E-state index in [-0.39, 0.29) is 17.9 Å². The van der Waals surface area contributed by atoms with Gasteiger partial charge < -0.3 is 19.1 Å². The van der Waals surface area contributed by atoms with Crippen LogP contribution in [-0.2, 0) is 22.5 Å². The first-order valence-corrected chi connectivity index (χ1v) is 12.5. The number of rotatable bonds is 7. The molecule has 1 saturated heterocycles. The van der Waals surface area contributed by atoms with E-state index in [9.17, 15) is 9.90 Å². The Balaban J connectivity index is 1.67. The van der Waals surface area contributed by atoms with Gasteiger partial charge in [0.1, 0.15) is 5.75 Å². The van der Waals surface area contributed by atoms with E-state index >= 15 is 0 Å². The maximum absolute atomic E-state index is 12.2. The molecule has 6 heteroatoms. The third kappa shape index (κ3) is 4.10. The number of piperidine rings is 1. The summed E-state index contributed by atoms with van der Waals surface area (Å²) in [6.07, 6.45) is 4.11. The highest BCUT2D eigenvalue weighted by Gasteiger charge is 2.43. The van der Waals surface area contributed by atoms with Crippen molar-refractivity contribution < 1.29 is 19.4 Å². The monoisotopic (exact) mass is 474 g/mol. The Morgan fingerprint density at radius 3 is 2.63 bits per heavy atom. The molecular formula is C29H34N2O4. The van der Waals surface area contributed by atoms with Gasteiger partial charge in [-0.15, -0.1) is 0 Å². The number of benzene rings is 2. The predicted molar refractivity (Wildman–Crippen MR) is 137 cm³/mol. The number of carbonyl (C=O) groups is 1. The van der Waals surface area contributed by atoms with Gasteiger partial charge in [0.05, 0.1) is 37.6 Å². The van der Waals surface area contributed by atoms with Crippen LogP contribution in [0.15, 0.2) is 60.4 Å². The summed E-state index contributed by atoms with van der Waals surface area (Å²) in [4.78, 5) is 14.8. The first-order chi connectivity index (χ1) is 17.1. The molecule has 184 valence electrons. The Kier molecular flexibility index (Phi) is 6.56. The molecule has 5 rings (SSSR count). The van der Waals surface area contributed by atoms with E-state index in [1.54, 1.807) is 7.11 Å². The zero-order valence-corrected chi connectivity index (χ0v) is 20.7. The fourth-order valence-electron chi connectivity index (χ4n) is 6.35. The molecule has 35 heavy (non-hydrogen) atoms. The normalized spacial score (nSPS) is 22.5. The molecule has 3 atom stereocenters. The van der Waals surface area contributed by atoms with Crippen molar-refractivity contribution in [2.45, 2.75) is 38.8 Å². The number of nitrogens with zero attached hydrogens (tertiary/aromatic N) is 2. The quantitative estimate of drug-likeness (QED) is 0.374. The van der Waals surface area contributed by atoms with Gasteiger partial charge in [0.25, 0.3) is 0 Å². The maximum atomic E-state index is 12.2. The van der Waals surface area contributed by atoms with Crippen LogP contribution >= 0.6 is 0 Å². The molecule has 0 saturated carbocycles. The Hall–Kier alpha value is -3.25. The van der Waals surface area contributed by atoms with Crippen LogP contribution in [-0.4, -0.2) is 47.9 Å². The van der Waals surface area contributed by atoms with Crippen LogP contribution in [0, 0.1) is 11.8 Å². The minimum Gasteiger partial charge on any atom is -0.504 e. The molecule has 3 aromatic rings. The fraction of sp³-hybridized carbons (Fsp3) is 0.414. The van der Waals surface area contributed by atoms with Gasteiger partial charge in [0.15, 0.2) is 0 Å². The van der Waals surface area contributed by atoms with Crippen LogP contribution in [0.2, 0.25) is 0 Å². The Labute approximate surface area is 206 Å². The maximum Gasteiger partial charge on any atom is 0.334 e. The number of hydrogen-bond donors (Lipinski definition) is 1. The third-order valence-corrected chi connectivity index (χ3v) is 7.94. The molecule has 0 amide bonds. The Morgan fingerprint density at radius 2 is 1.94 bits per heavy atom. The van der Waals surface area contributed by atoms with Crippen molar-refractivity contribution in [3.8, 4) is 5.75 Å². The van der Waals surface area contributed by atoms with E-state index in [0.717, 1.165) is 44.6 Å². The number of fused-ring (bicyclic) bond motifs is 5. The number of aliphatic carboxylic acids is 1. The van der Waals surface area contributed by atoms with Gasteiger partial charge in [-0.3, -0.25) is 4.90 Å². The largest absolute Gasteiger partial charge is 0.504 e. The van der Waals surface area contributed by atoms with Gasteiger partial charge in [-0.05, 0) is 47.9 Å². The van der Waals surface area contributed by atoms with E-state index in [1.807, 2.05) is 12.1 Å². The lowest BCUT2D eigenvalue weighted by Crippen LogP contribution is -2.47. The number of carboxylic acids is 1. The van der Waals surface area contributed by atoms with Gasteiger partial charge in [-0.2, -0.15) is 0 Å². The minimum atomic E-state index is -0.883. The number of aromatic nitrogens is 1. The first-order valence-electron chi connectivity index (χ1n) is 12.5. The Bertz CT molecular complexity index is 1250. The highest BCUT2D eigenvalue weighted by Crippen LogP contribution is 2.48. The predicted octanol–water partition coefficient (Wildman–Crippen LogP) is 5.26. The van der Waals surface area contributed by atoms with E-state index in [0.29, 0.717) is 5.57 Å². The third-order valence-electron chi connectivity index (χ3n) is 7.94. The molecule has 2 aromatic carbocycles. The number of ether oxygens (including phenoxy) is 2. The SMILES string of the molecule is CC[C@@H]1CN2CCc3c(n(Cc4ccccc4)c4cccc(OC)c34)[C@@H]2C[C@@H]1C(=COC)C(=O)O. The second-order valence-corrected chi connectivity index (χ2v) is 9.68. The zero-order chi connectivity index (χ0) is 24.5. The van der Waals surface area contributed by atoms with Crippen molar-refractivity contribution in [2.24, 2.45) is 11.8 Å². The number of methoxy groups -OCH3 is 2. The molecule has 1 fully saturated rings. The van der Waals surface area contributed by atoms with Crippen molar-refractivity contribution >= 4 is 16.9 Å². The van der Waals surface area contributed by atoms with Crippen LogP contribution in [0.3, 0.4) is 0 Å². The van der Waals surface area contributed by atoms with Crippen molar-refractivity contribution in [1.82, 2.24) is 9.47 Å². The standard InChI is InChI=1S/C29H34N2O4/c1-4-20-17-30-14-13-21-27-24(11-8-12-26(27)35-3)31(16-19-9-6-5-7-10-19)28(21)25(30)15-22(20)23(18-34-2)29(32)33/h5-12,18,20,22,25H,4,13-17H2,1-3H3,(H,32,33)/t20-,22+,25+/m1/s1. The number of hydrogen-bond acceptors (Lipinski definition) is 4. The summed E-state index contributed by atoms with van der Waals surface area (Å²) in [5, 5.41) is 11.2. The van der Waals surface area contributed by atoms with E-state index < -0.39 is 5.97 Å². The average molecular weight is 475 g/mol. The summed E-state index contributed by atoms with van der Waals surface area (Å²) >= 11 is 0. The van der Waals surface area contributed by atoms with Gasteiger partial charge in [0, 0.05) is 30.7 Å². The number of carboxylic acid groups (broad SMARTS) is 1. The second-order valence-electron chi connectivity index (χ2n) is 9.68. The van der Waals surface area contributed by atoms with Crippen LogP contribution < -0.4 is 4.74 Å². The van der Waals surface area contributed by atoms with Crippen molar-refractivity contribution in [3.63, 3.8) is 0 Å². The molecule has 6 nitrogen and oxygen atoms in total. The van der Waals surface area contributed by atoms with E-state index in [4.69, 9.17) is 9.47 Å². The minimum absolute atomic E-state index is 0.0604. The van der Waals surface area contributed by atoms with Crippen LogP contribution in [0.1, 0.15) is 42.6 Å². The molecule has 0 spiro atoms.